The number of nitrogen functional groups attached to an aromatic ring is 1. The van der Waals surface area contributed by atoms with Crippen LogP contribution in [0.1, 0.15) is 33.9 Å². The van der Waals surface area contributed by atoms with Crippen molar-refractivity contribution in [1.29, 1.82) is 0 Å². The second kappa shape index (κ2) is 10.2. The molecule has 0 unspecified atom stereocenters. The first-order valence-electron chi connectivity index (χ1n) is 10.4. The van der Waals surface area contributed by atoms with Crippen molar-refractivity contribution in [3.63, 3.8) is 0 Å². The normalized spacial score (nSPS) is 19.6. The fourth-order valence-electron chi connectivity index (χ4n) is 3.96. The van der Waals surface area contributed by atoms with Gasteiger partial charge in [0.2, 0.25) is 0 Å². The van der Waals surface area contributed by atoms with Gasteiger partial charge in [-0.05, 0) is 25.3 Å². The number of carbonyl (C=O) groups is 4. The number of nitrogens with zero attached hydrogens (tertiary/aromatic N) is 4. The highest BCUT2D eigenvalue weighted by atomic mass is 32.2. The van der Waals surface area contributed by atoms with E-state index in [9.17, 15) is 29.4 Å². The number of carboxylic acids is 2. The molecule has 0 spiro atoms. The predicted molar refractivity (Wildman–Crippen MR) is 131 cm³/mol. The summed E-state index contributed by atoms with van der Waals surface area (Å²) in [6.07, 6.45) is 0.814. The number of carboxylic acid groups (broad SMARTS) is 2. The van der Waals surface area contributed by atoms with E-state index >= 15 is 0 Å². The molecular formula is C20H20N6O7S3. The largest absolute Gasteiger partial charge is 0.477 e. The molecule has 1 saturated heterocycles. The molecule has 2 aliphatic rings. The van der Waals surface area contributed by atoms with Crippen LogP contribution >= 0.6 is 34.4 Å². The van der Waals surface area contributed by atoms with Gasteiger partial charge in [-0.25, -0.2) is 19.6 Å². The third-order valence-electron chi connectivity index (χ3n) is 5.53. The number of anilines is 1. The number of rotatable bonds is 9. The van der Waals surface area contributed by atoms with E-state index in [1.807, 2.05) is 0 Å². The van der Waals surface area contributed by atoms with Gasteiger partial charge in [-0.3, -0.25) is 14.5 Å². The minimum Gasteiger partial charge on any atom is -0.477 e. The third-order valence-corrected chi connectivity index (χ3v) is 8.58. The minimum absolute atomic E-state index is 0.126. The highest BCUT2D eigenvalue weighted by molar-refractivity contribution is 8.01. The van der Waals surface area contributed by atoms with Crippen molar-refractivity contribution in [3.05, 3.63) is 32.9 Å². The summed E-state index contributed by atoms with van der Waals surface area (Å²) in [6.45, 7) is 1.59. The van der Waals surface area contributed by atoms with Gasteiger partial charge in [0, 0.05) is 11.1 Å². The standard InChI is InChI=1S/C20H20N6O7S3/c1-7-14(18(31)32)36-20(22-7)35-5-8-3-4-10-12(16(28)26(10)13(8)17(29)30)24-15(27)11(25-33-2)9-6-34-19(21)23-9/h6,10,12H,3-5H2,1-2H3,(H2,21,23)(H,24,27)(H,29,30)(H,31,32)/b25-11+/t10-,12-/m0/s1. The van der Waals surface area contributed by atoms with Crippen LogP contribution in [0.2, 0.25) is 0 Å². The van der Waals surface area contributed by atoms with Gasteiger partial charge < -0.3 is 26.1 Å². The van der Waals surface area contributed by atoms with Gasteiger partial charge in [0.25, 0.3) is 11.8 Å². The molecule has 2 amide bonds. The monoisotopic (exact) mass is 552 g/mol. The summed E-state index contributed by atoms with van der Waals surface area (Å²) < 4.78 is 0.497. The SMILES string of the molecule is CO/N=C(/C(=O)N[C@@H]1C(=O)N2C(C(=O)O)=C(CSc3nc(C)c(C(=O)O)s3)CC[C@@H]12)c1csc(N)n1. The molecule has 16 heteroatoms. The zero-order chi connectivity index (χ0) is 26.1. The smallest absolute Gasteiger partial charge is 0.352 e. The van der Waals surface area contributed by atoms with Gasteiger partial charge in [0.15, 0.2) is 15.2 Å². The summed E-state index contributed by atoms with van der Waals surface area (Å²) in [5, 5.41) is 27.1. The maximum atomic E-state index is 12.9. The third kappa shape index (κ3) is 4.78. The Morgan fingerprint density at radius 3 is 2.67 bits per heavy atom. The van der Waals surface area contributed by atoms with Crippen LogP contribution in [0.15, 0.2) is 26.1 Å². The molecule has 2 aromatic rings. The van der Waals surface area contributed by atoms with E-state index in [1.54, 1.807) is 6.92 Å². The Bertz CT molecular complexity index is 1320. The summed E-state index contributed by atoms with van der Waals surface area (Å²) in [5.74, 6) is -3.35. The van der Waals surface area contributed by atoms with Crippen molar-refractivity contribution in [2.45, 2.75) is 36.2 Å². The van der Waals surface area contributed by atoms with Crippen molar-refractivity contribution in [1.82, 2.24) is 20.2 Å². The number of hydrogen-bond acceptors (Lipinski definition) is 12. The summed E-state index contributed by atoms with van der Waals surface area (Å²) in [5.41, 5.74) is 6.46. The molecule has 36 heavy (non-hydrogen) atoms. The maximum absolute atomic E-state index is 12.9. The fourth-order valence-corrected chi connectivity index (χ4v) is 6.59. The minimum atomic E-state index is -1.26. The second-order valence-electron chi connectivity index (χ2n) is 7.70. The van der Waals surface area contributed by atoms with E-state index in [1.165, 1.54) is 29.2 Å². The van der Waals surface area contributed by atoms with E-state index in [0.29, 0.717) is 28.4 Å². The Kier molecular flexibility index (Phi) is 7.28. The number of nitrogens with one attached hydrogen (secondary N) is 1. The number of aromatic nitrogens is 2. The number of amides is 2. The lowest BCUT2D eigenvalue weighted by Crippen LogP contribution is -2.72. The molecule has 0 aliphatic carbocycles. The van der Waals surface area contributed by atoms with Crippen molar-refractivity contribution < 1.29 is 34.2 Å². The topological polar surface area (TPSA) is 197 Å². The number of aliphatic carboxylic acids is 1. The molecule has 13 nitrogen and oxygen atoms in total. The molecule has 0 saturated carbocycles. The highest BCUT2D eigenvalue weighted by Gasteiger charge is 2.53. The van der Waals surface area contributed by atoms with Gasteiger partial charge in [-0.1, -0.05) is 16.9 Å². The summed E-state index contributed by atoms with van der Waals surface area (Å²) >= 11 is 3.35. The number of thiazole rings is 2. The lowest BCUT2D eigenvalue weighted by molar-refractivity contribution is -0.155. The second-order valence-corrected chi connectivity index (χ2v) is 10.8. The Morgan fingerprint density at radius 1 is 1.33 bits per heavy atom. The Labute approximate surface area is 216 Å². The van der Waals surface area contributed by atoms with E-state index in [2.05, 4.69) is 20.4 Å². The lowest BCUT2D eigenvalue weighted by atomic mass is 9.83. The number of thioether (sulfide) groups is 1. The number of carbonyl (C=O) groups excluding carboxylic acids is 2. The number of hydrogen-bond donors (Lipinski definition) is 4. The molecule has 0 radical (unpaired) electrons. The average Bonchev–Trinajstić information content (AvgIpc) is 3.43. The van der Waals surface area contributed by atoms with Crippen LogP contribution in [0.5, 0.6) is 0 Å². The molecule has 190 valence electrons. The van der Waals surface area contributed by atoms with E-state index in [4.69, 9.17) is 10.6 Å². The molecule has 0 bridgehead atoms. The van der Waals surface area contributed by atoms with Gasteiger partial charge in [-0.15, -0.1) is 22.7 Å². The van der Waals surface area contributed by atoms with Gasteiger partial charge in [0.05, 0.1) is 11.7 Å². The first-order chi connectivity index (χ1) is 17.1. The Balaban J connectivity index is 1.49. The van der Waals surface area contributed by atoms with Crippen LogP contribution in [0.25, 0.3) is 0 Å². The highest BCUT2D eigenvalue weighted by Crippen LogP contribution is 2.39. The summed E-state index contributed by atoms with van der Waals surface area (Å²) in [7, 11) is 1.26. The lowest BCUT2D eigenvalue weighted by Gasteiger charge is -2.50. The molecule has 5 N–H and O–H groups in total. The molecular weight excluding hydrogens is 532 g/mol. The summed E-state index contributed by atoms with van der Waals surface area (Å²) in [6, 6.07) is -1.47. The van der Waals surface area contributed by atoms with Crippen LogP contribution in [0.3, 0.4) is 0 Å². The van der Waals surface area contributed by atoms with Crippen molar-refractivity contribution >= 4 is 69.0 Å². The molecule has 4 rings (SSSR count). The van der Waals surface area contributed by atoms with Crippen LogP contribution in [0.4, 0.5) is 5.13 Å². The van der Waals surface area contributed by atoms with Crippen molar-refractivity contribution in [3.8, 4) is 0 Å². The Hall–Kier alpha value is -3.50. The van der Waals surface area contributed by atoms with Gasteiger partial charge >= 0.3 is 11.9 Å². The molecule has 2 aromatic heterocycles. The van der Waals surface area contributed by atoms with Crippen LogP contribution in [-0.4, -0.2) is 79.5 Å². The number of aryl methyl sites for hydroxylation is 1. The Morgan fingerprint density at radius 2 is 2.08 bits per heavy atom. The van der Waals surface area contributed by atoms with Crippen molar-refractivity contribution in [2.24, 2.45) is 5.16 Å². The van der Waals surface area contributed by atoms with Gasteiger partial charge in [-0.2, -0.15) is 0 Å². The molecule has 4 heterocycles. The molecule has 0 aromatic carbocycles. The quantitative estimate of drug-likeness (QED) is 0.151. The van der Waals surface area contributed by atoms with E-state index < -0.39 is 35.8 Å². The number of oxime groups is 1. The molecule has 2 atom stereocenters. The van der Waals surface area contributed by atoms with Gasteiger partial charge in [0.1, 0.15) is 29.4 Å². The average molecular weight is 553 g/mol. The van der Waals surface area contributed by atoms with E-state index in [0.717, 1.165) is 22.7 Å². The number of fused-ring (bicyclic) bond motifs is 1. The van der Waals surface area contributed by atoms with Crippen LogP contribution in [-0.2, 0) is 19.2 Å². The predicted octanol–water partition coefficient (Wildman–Crippen LogP) is 1.16. The maximum Gasteiger partial charge on any atom is 0.352 e. The van der Waals surface area contributed by atoms with E-state index in [-0.39, 0.29) is 32.9 Å². The zero-order valence-electron chi connectivity index (χ0n) is 18.9. The first-order valence-corrected chi connectivity index (χ1v) is 13.1. The number of nitrogens with two attached hydrogens (primary N) is 1. The molecule has 1 fully saturated rings. The first kappa shape index (κ1) is 25.6. The number of β-lactam (4-membered cyclic amide) rings is 1. The van der Waals surface area contributed by atoms with Crippen molar-refractivity contribution in [2.75, 3.05) is 18.6 Å². The number of aromatic carboxylic acids is 1. The van der Waals surface area contributed by atoms with Crippen LogP contribution < -0.4 is 11.1 Å². The summed E-state index contributed by atoms with van der Waals surface area (Å²) in [4.78, 5) is 63.4. The zero-order valence-corrected chi connectivity index (χ0v) is 21.3. The fraction of sp³-hybridized carbons (Fsp3) is 0.350. The van der Waals surface area contributed by atoms with Crippen LogP contribution in [0, 0.1) is 6.92 Å². The molecule has 2 aliphatic heterocycles.